The van der Waals surface area contributed by atoms with Gasteiger partial charge in [0.05, 0.1) is 13.2 Å². The van der Waals surface area contributed by atoms with Gasteiger partial charge in [0.2, 0.25) is 5.91 Å². The lowest BCUT2D eigenvalue weighted by molar-refractivity contribution is -0.121. The van der Waals surface area contributed by atoms with Crippen molar-refractivity contribution in [3.8, 4) is 5.75 Å². The number of benzene rings is 1. The Morgan fingerprint density at radius 1 is 1.47 bits per heavy atom. The zero-order valence-corrected chi connectivity index (χ0v) is 10.7. The number of ether oxygens (including phenoxy) is 1. The number of nitrogens with one attached hydrogen (secondary N) is 1. The van der Waals surface area contributed by atoms with Crippen molar-refractivity contribution in [2.45, 2.75) is 25.3 Å². The highest BCUT2D eigenvalue weighted by atomic mass is 35.5. The van der Waals surface area contributed by atoms with E-state index in [2.05, 4.69) is 5.32 Å². The summed E-state index contributed by atoms with van der Waals surface area (Å²) in [6.07, 6.45) is 0. The number of carbonyl (C=O) groups excluding carboxylic acids is 1. The van der Waals surface area contributed by atoms with Crippen LogP contribution in [-0.2, 0) is 4.79 Å². The molecule has 0 aliphatic rings. The predicted molar refractivity (Wildman–Crippen MR) is 64.8 cm³/mol. The minimum absolute atomic E-state index is 0.179. The molecule has 1 rings (SSSR count). The van der Waals surface area contributed by atoms with Crippen LogP contribution < -0.4 is 10.1 Å². The second-order valence-corrected chi connectivity index (χ2v) is 4.39. The van der Waals surface area contributed by atoms with Crippen LogP contribution >= 0.6 is 11.6 Å². The first-order valence-corrected chi connectivity index (χ1v) is 5.67. The first-order valence-electron chi connectivity index (χ1n) is 5.23. The summed E-state index contributed by atoms with van der Waals surface area (Å²) < 4.78 is 18.3. The largest absolute Gasteiger partial charge is 0.494 e. The molecule has 1 aromatic rings. The lowest BCUT2D eigenvalue weighted by Crippen LogP contribution is -2.31. The minimum Gasteiger partial charge on any atom is -0.494 e. The van der Waals surface area contributed by atoms with E-state index in [1.165, 1.54) is 19.2 Å². The van der Waals surface area contributed by atoms with Gasteiger partial charge in [0.25, 0.3) is 0 Å². The van der Waals surface area contributed by atoms with Crippen molar-refractivity contribution < 1.29 is 13.9 Å². The van der Waals surface area contributed by atoms with Gasteiger partial charge in [-0.1, -0.05) is 6.07 Å². The summed E-state index contributed by atoms with van der Waals surface area (Å²) in [6, 6.07) is 4.26. The van der Waals surface area contributed by atoms with E-state index in [-0.39, 0.29) is 17.7 Å². The molecule has 0 spiro atoms. The number of hydrogen-bond donors (Lipinski definition) is 1. The Morgan fingerprint density at radius 2 is 2.12 bits per heavy atom. The first kappa shape index (κ1) is 13.8. The third-order valence-electron chi connectivity index (χ3n) is 2.40. The fourth-order valence-corrected chi connectivity index (χ4v) is 1.43. The fraction of sp³-hybridized carbons (Fsp3) is 0.417. The molecule has 1 N–H and O–H groups in total. The van der Waals surface area contributed by atoms with Crippen molar-refractivity contribution in [3.63, 3.8) is 0 Å². The van der Waals surface area contributed by atoms with Gasteiger partial charge in [0.15, 0.2) is 11.6 Å². The van der Waals surface area contributed by atoms with E-state index in [1.54, 1.807) is 19.9 Å². The maximum Gasteiger partial charge on any atom is 0.238 e. The van der Waals surface area contributed by atoms with E-state index in [0.717, 1.165) is 0 Å². The van der Waals surface area contributed by atoms with Gasteiger partial charge >= 0.3 is 0 Å². The van der Waals surface area contributed by atoms with Crippen LogP contribution in [0.15, 0.2) is 18.2 Å². The predicted octanol–water partition coefficient (Wildman–Crippen LogP) is 2.64. The fourth-order valence-electron chi connectivity index (χ4n) is 1.36. The first-order chi connectivity index (χ1) is 7.95. The molecule has 3 nitrogen and oxygen atoms in total. The Morgan fingerprint density at radius 3 is 2.59 bits per heavy atom. The summed E-state index contributed by atoms with van der Waals surface area (Å²) in [4.78, 5) is 11.4. The summed E-state index contributed by atoms with van der Waals surface area (Å²) in [5.41, 5.74) is 0.661. The van der Waals surface area contributed by atoms with Gasteiger partial charge in [-0.2, -0.15) is 0 Å². The van der Waals surface area contributed by atoms with Gasteiger partial charge in [0, 0.05) is 0 Å². The van der Waals surface area contributed by atoms with Crippen LogP contribution in [0.4, 0.5) is 4.39 Å². The summed E-state index contributed by atoms with van der Waals surface area (Å²) in [7, 11) is 1.40. The number of carbonyl (C=O) groups is 1. The zero-order valence-electron chi connectivity index (χ0n) is 9.96. The highest BCUT2D eigenvalue weighted by Gasteiger charge is 2.15. The Balaban J connectivity index is 2.79. The molecular formula is C12H15ClFNO2. The van der Waals surface area contributed by atoms with Crippen molar-refractivity contribution in [2.24, 2.45) is 0 Å². The van der Waals surface area contributed by atoms with Crippen molar-refractivity contribution in [1.29, 1.82) is 0 Å². The molecule has 0 fully saturated rings. The third-order valence-corrected chi connectivity index (χ3v) is 2.59. The van der Waals surface area contributed by atoms with E-state index in [0.29, 0.717) is 5.56 Å². The van der Waals surface area contributed by atoms with Gasteiger partial charge in [-0.15, -0.1) is 11.6 Å². The van der Waals surface area contributed by atoms with Gasteiger partial charge in [0.1, 0.15) is 5.38 Å². The molecule has 17 heavy (non-hydrogen) atoms. The standard InChI is InChI=1S/C12H15ClFNO2/c1-7(13)12(16)15-8(2)9-4-5-11(17-3)10(14)6-9/h4-8H,1-3H3,(H,15,16). The summed E-state index contributed by atoms with van der Waals surface area (Å²) in [5, 5.41) is 2.07. The SMILES string of the molecule is COc1ccc(C(C)NC(=O)C(C)Cl)cc1F. The monoisotopic (exact) mass is 259 g/mol. The Bertz CT molecular complexity index is 409. The average Bonchev–Trinajstić information content (AvgIpc) is 2.28. The second-order valence-electron chi connectivity index (χ2n) is 3.74. The summed E-state index contributed by atoms with van der Waals surface area (Å²) in [6.45, 7) is 3.34. The highest BCUT2D eigenvalue weighted by Crippen LogP contribution is 2.21. The summed E-state index contributed by atoms with van der Waals surface area (Å²) >= 11 is 5.63. The second kappa shape index (κ2) is 5.87. The van der Waals surface area contributed by atoms with Crippen LogP contribution in [0.5, 0.6) is 5.75 Å². The minimum atomic E-state index is -0.611. The van der Waals surface area contributed by atoms with Crippen molar-refractivity contribution in [1.82, 2.24) is 5.32 Å². The lowest BCUT2D eigenvalue weighted by Gasteiger charge is -2.16. The van der Waals surface area contributed by atoms with Gasteiger partial charge in [-0.25, -0.2) is 4.39 Å². The molecule has 94 valence electrons. The Hall–Kier alpha value is -1.29. The maximum atomic E-state index is 13.4. The molecule has 0 aliphatic carbocycles. The highest BCUT2D eigenvalue weighted by molar-refractivity contribution is 6.30. The van der Waals surface area contributed by atoms with Crippen LogP contribution in [0.3, 0.4) is 0 Å². The molecule has 2 atom stereocenters. The van der Waals surface area contributed by atoms with Gasteiger partial charge in [-0.3, -0.25) is 4.79 Å². The van der Waals surface area contributed by atoms with Crippen LogP contribution in [0.2, 0.25) is 0 Å². The average molecular weight is 260 g/mol. The molecule has 0 saturated carbocycles. The van der Waals surface area contributed by atoms with E-state index in [4.69, 9.17) is 16.3 Å². The number of halogens is 2. The molecule has 0 saturated heterocycles. The Kier molecular flexibility index (Phi) is 4.75. The molecule has 2 unspecified atom stereocenters. The zero-order chi connectivity index (χ0) is 13.0. The topological polar surface area (TPSA) is 38.3 Å². The van der Waals surface area contributed by atoms with E-state index in [1.807, 2.05) is 0 Å². The normalized spacial score (nSPS) is 13.9. The molecule has 0 radical (unpaired) electrons. The molecule has 1 amide bonds. The van der Waals surface area contributed by atoms with E-state index >= 15 is 0 Å². The molecule has 0 aromatic heterocycles. The molecule has 5 heteroatoms. The molecule has 0 bridgehead atoms. The van der Waals surface area contributed by atoms with Crippen LogP contribution in [0.1, 0.15) is 25.5 Å². The van der Waals surface area contributed by atoms with Crippen molar-refractivity contribution in [2.75, 3.05) is 7.11 Å². The third kappa shape index (κ3) is 3.60. The quantitative estimate of drug-likeness (QED) is 0.845. The van der Waals surface area contributed by atoms with Crippen molar-refractivity contribution in [3.05, 3.63) is 29.6 Å². The lowest BCUT2D eigenvalue weighted by atomic mass is 10.1. The van der Waals surface area contributed by atoms with Crippen LogP contribution in [0, 0.1) is 5.82 Å². The van der Waals surface area contributed by atoms with E-state index < -0.39 is 11.2 Å². The van der Waals surface area contributed by atoms with Gasteiger partial charge < -0.3 is 10.1 Å². The molecule has 0 aliphatic heterocycles. The number of amides is 1. The van der Waals surface area contributed by atoms with Crippen LogP contribution in [0.25, 0.3) is 0 Å². The molecule has 1 aromatic carbocycles. The number of methoxy groups -OCH3 is 1. The Labute approximate surface area is 105 Å². The molecule has 0 heterocycles. The maximum absolute atomic E-state index is 13.4. The van der Waals surface area contributed by atoms with Crippen LogP contribution in [-0.4, -0.2) is 18.4 Å². The van der Waals surface area contributed by atoms with Gasteiger partial charge in [-0.05, 0) is 31.5 Å². The number of hydrogen-bond acceptors (Lipinski definition) is 2. The number of rotatable bonds is 4. The summed E-state index contributed by atoms with van der Waals surface area (Å²) in [5.74, 6) is -0.557. The molecular weight excluding hydrogens is 245 g/mol. The number of alkyl halides is 1. The van der Waals surface area contributed by atoms with Crippen molar-refractivity contribution >= 4 is 17.5 Å². The van der Waals surface area contributed by atoms with E-state index in [9.17, 15) is 9.18 Å². The smallest absolute Gasteiger partial charge is 0.238 e.